The molecule has 406 valence electrons. The third-order valence-corrected chi connectivity index (χ3v) is 14.9. The summed E-state index contributed by atoms with van der Waals surface area (Å²) in [6.07, 6.45) is 74.3. The average molecular weight is 962 g/mol. The van der Waals surface area contributed by atoms with E-state index >= 15 is 0 Å². The Labute approximate surface area is 427 Å². The lowest BCUT2D eigenvalue weighted by atomic mass is 10.0. The van der Waals surface area contributed by atoms with Crippen LogP contribution in [-0.2, 0) is 19.1 Å². The minimum absolute atomic E-state index is 0.0563. The van der Waals surface area contributed by atoms with E-state index in [4.69, 9.17) is 9.47 Å². The van der Waals surface area contributed by atoms with E-state index in [1.54, 1.807) is 0 Å². The molecule has 0 aromatic rings. The van der Waals surface area contributed by atoms with Gasteiger partial charge in [-0.05, 0) is 12.8 Å². The van der Waals surface area contributed by atoms with E-state index in [0.29, 0.717) is 12.8 Å². The molecule has 1 unspecified atom stereocenters. The highest BCUT2D eigenvalue weighted by molar-refractivity contribution is 5.70. The van der Waals surface area contributed by atoms with Crippen LogP contribution in [0.25, 0.3) is 0 Å². The summed E-state index contributed by atoms with van der Waals surface area (Å²) in [5, 5.41) is 9.63. The van der Waals surface area contributed by atoms with Crippen molar-refractivity contribution in [3.63, 3.8) is 0 Å². The second-order valence-electron chi connectivity index (χ2n) is 21.9. The number of unbranched alkanes of at least 4 members (excludes halogenated alkanes) is 52. The van der Waals surface area contributed by atoms with Crippen LogP contribution in [-0.4, -0.2) is 36.4 Å². The van der Waals surface area contributed by atoms with Crippen molar-refractivity contribution >= 4 is 11.9 Å². The molecule has 0 aromatic heterocycles. The molecule has 0 aliphatic carbocycles. The maximum atomic E-state index is 12.3. The van der Waals surface area contributed by atoms with Crippen LogP contribution in [0.15, 0.2) is 0 Å². The standard InChI is InChI=1S/C63H124O5/c1-3-5-7-9-11-13-15-17-18-19-20-21-22-23-24-25-26-27-28-29-30-31-32-33-34-35-36-37-38-39-40-41-42-43-44-46-48-50-52-54-56-58-63(66)68-61(59-64)60-67-62(65)57-55-53-51-49-47-45-16-14-12-10-8-6-4-2/h61,64H,3-60H2,1-2H3. The van der Waals surface area contributed by atoms with Gasteiger partial charge in [-0.2, -0.15) is 0 Å². The van der Waals surface area contributed by atoms with E-state index in [9.17, 15) is 14.7 Å². The first-order valence-electron chi connectivity index (χ1n) is 31.6. The number of aliphatic hydroxyl groups is 1. The van der Waals surface area contributed by atoms with Gasteiger partial charge in [-0.15, -0.1) is 0 Å². The lowest BCUT2D eigenvalue weighted by molar-refractivity contribution is -0.161. The third-order valence-electron chi connectivity index (χ3n) is 14.9. The maximum absolute atomic E-state index is 12.3. The first-order valence-corrected chi connectivity index (χ1v) is 31.6. The van der Waals surface area contributed by atoms with Gasteiger partial charge in [-0.3, -0.25) is 9.59 Å². The van der Waals surface area contributed by atoms with Crippen molar-refractivity contribution in [2.24, 2.45) is 0 Å². The first kappa shape index (κ1) is 66.9. The molecular weight excluding hydrogens is 837 g/mol. The Hall–Kier alpha value is -1.10. The smallest absolute Gasteiger partial charge is 0.306 e. The van der Waals surface area contributed by atoms with Crippen LogP contribution in [0.4, 0.5) is 0 Å². The largest absolute Gasteiger partial charge is 0.462 e. The molecule has 0 aliphatic heterocycles. The SMILES string of the molecule is CCCCCCCCCCCCCCCCCCCCCCCCCCCCCCCCCCCCCCCCCCCC(=O)OC(CO)COC(=O)CCCCCCCCCCCCCCC. The number of carbonyl (C=O) groups excluding carboxylic acids is 2. The Morgan fingerprint density at radius 1 is 0.279 bits per heavy atom. The number of rotatable bonds is 60. The molecule has 0 saturated carbocycles. The summed E-state index contributed by atoms with van der Waals surface area (Å²) in [6, 6.07) is 0. The molecule has 0 amide bonds. The Kier molecular flexibility index (Phi) is 59.2. The molecule has 0 saturated heterocycles. The van der Waals surface area contributed by atoms with Gasteiger partial charge >= 0.3 is 11.9 Å². The monoisotopic (exact) mass is 961 g/mol. The summed E-state index contributed by atoms with van der Waals surface area (Å²) in [5.41, 5.74) is 0. The zero-order valence-corrected chi connectivity index (χ0v) is 46.7. The van der Waals surface area contributed by atoms with Crippen molar-refractivity contribution < 1.29 is 24.2 Å². The summed E-state index contributed by atoms with van der Waals surface area (Å²) in [5.74, 6) is -0.567. The summed E-state index contributed by atoms with van der Waals surface area (Å²) < 4.78 is 10.7. The Morgan fingerprint density at radius 2 is 0.456 bits per heavy atom. The molecule has 5 heteroatoms. The number of carbonyl (C=O) groups is 2. The van der Waals surface area contributed by atoms with E-state index in [0.717, 1.165) is 32.1 Å². The molecule has 1 atom stereocenters. The van der Waals surface area contributed by atoms with E-state index in [1.165, 1.54) is 315 Å². The molecule has 5 nitrogen and oxygen atoms in total. The number of hydrogen-bond acceptors (Lipinski definition) is 5. The summed E-state index contributed by atoms with van der Waals surface area (Å²) in [7, 11) is 0. The molecule has 0 radical (unpaired) electrons. The Bertz CT molecular complexity index is 952. The van der Waals surface area contributed by atoms with E-state index in [1.807, 2.05) is 0 Å². The molecule has 1 N–H and O–H groups in total. The normalized spacial score (nSPS) is 12.0. The molecule has 0 rings (SSSR count). The summed E-state index contributed by atoms with van der Waals surface area (Å²) in [4.78, 5) is 24.4. The van der Waals surface area contributed by atoms with Gasteiger partial charge in [0.2, 0.25) is 0 Å². The fourth-order valence-electron chi connectivity index (χ4n) is 10.2. The van der Waals surface area contributed by atoms with Crippen molar-refractivity contribution in [2.45, 2.75) is 380 Å². The lowest BCUT2D eigenvalue weighted by Crippen LogP contribution is -2.28. The van der Waals surface area contributed by atoms with Gasteiger partial charge in [0, 0.05) is 12.8 Å². The van der Waals surface area contributed by atoms with Crippen LogP contribution in [0.2, 0.25) is 0 Å². The fourth-order valence-corrected chi connectivity index (χ4v) is 10.2. The first-order chi connectivity index (χ1) is 33.6. The van der Waals surface area contributed by atoms with E-state index in [-0.39, 0.29) is 25.2 Å². The number of hydrogen-bond donors (Lipinski definition) is 1. The second kappa shape index (κ2) is 60.2. The molecule has 0 bridgehead atoms. The highest BCUT2D eigenvalue weighted by Crippen LogP contribution is 2.19. The highest BCUT2D eigenvalue weighted by Gasteiger charge is 2.16. The average Bonchev–Trinajstić information content (AvgIpc) is 3.34. The van der Waals surface area contributed by atoms with E-state index < -0.39 is 6.10 Å². The number of esters is 2. The minimum Gasteiger partial charge on any atom is -0.462 e. The van der Waals surface area contributed by atoms with Crippen LogP contribution in [0.5, 0.6) is 0 Å². The Balaban J connectivity index is 3.30. The summed E-state index contributed by atoms with van der Waals surface area (Å²) >= 11 is 0. The third kappa shape index (κ3) is 57.5. The number of ether oxygens (including phenoxy) is 2. The van der Waals surface area contributed by atoms with Gasteiger partial charge < -0.3 is 14.6 Å². The molecular formula is C63H124O5. The molecule has 0 fully saturated rings. The van der Waals surface area contributed by atoms with Crippen LogP contribution >= 0.6 is 0 Å². The van der Waals surface area contributed by atoms with Gasteiger partial charge in [-0.1, -0.05) is 348 Å². The minimum atomic E-state index is -0.763. The predicted octanol–water partition coefficient (Wildman–Crippen LogP) is 21.3. The van der Waals surface area contributed by atoms with Crippen molar-refractivity contribution in [1.29, 1.82) is 0 Å². The van der Waals surface area contributed by atoms with Gasteiger partial charge in [0.05, 0.1) is 6.61 Å². The maximum Gasteiger partial charge on any atom is 0.306 e. The Morgan fingerprint density at radius 3 is 0.647 bits per heavy atom. The molecule has 0 heterocycles. The van der Waals surface area contributed by atoms with Gasteiger partial charge in [0.15, 0.2) is 6.10 Å². The molecule has 0 aliphatic rings. The van der Waals surface area contributed by atoms with Crippen LogP contribution < -0.4 is 0 Å². The zero-order valence-electron chi connectivity index (χ0n) is 46.7. The van der Waals surface area contributed by atoms with E-state index in [2.05, 4.69) is 13.8 Å². The topological polar surface area (TPSA) is 72.8 Å². The molecule has 0 spiro atoms. The zero-order chi connectivity index (χ0) is 49.2. The molecule has 0 aromatic carbocycles. The van der Waals surface area contributed by atoms with Crippen LogP contribution in [0.1, 0.15) is 373 Å². The van der Waals surface area contributed by atoms with Crippen molar-refractivity contribution in [2.75, 3.05) is 13.2 Å². The number of aliphatic hydroxyl groups excluding tert-OH is 1. The van der Waals surface area contributed by atoms with Crippen LogP contribution in [0.3, 0.4) is 0 Å². The highest BCUT2D eigenvalue weighted by atomic mass is 16.6. The fraction of sp³-hybridized carbons (Fsp3) is 0.968. The van der Waals surface area contributed by atoms with Gasteiger partial charge in [0.25, 0.3) is 0 Å². The van der Waals surface area contributed by atoms with Gasteiger partial charge in [0.1, 0.15) is 6.61 Å². The molecule has 68 heavy (non-hydrogen) atoms. The van der Waals surface area contributed by atoms with Crippen molar-refractivity contribution in [3.8, 4) is 0 Å². The van der Waals surface area contributed by atoms with Crippen molar-refractivity contribution in [3.05, 3.63) is 0 Å². The summed E-state index contributed by atoms with van der Waals surface area (Å²) in [6.45, 7) is 4.20. The van der Waals surface area contributed by atoms with Gasteiger partial charge in [-0.25, -0.2) is 0 Å². The second-order valence-corrected chi connectivity index (χ2v) is 21.9. The predicted molar refractivity (Wildman–Crippen MR) is 298 cm³/mol. The quantitative estimate of drug-likeness (QED) is 0.0486. The lowest BCUT2D eigenvalue weighted by Gasteiger charge is -2.15. The van der Waals surface area contributed by atoms with Crippen molar-refractivity contribution in [1.82, 2.24) is 0 Å². The van der Waals surface area contributed by atoms with Crippen LogP contribution in [0, 0.1) is 0 Å².